The molecule has 0 radical (unpaired) electrons. The predicted molar refractivity (Wildman–Crippen MR) is 89.4 cm³/mol. The molecule has 2 aromatic heterocycles. The number of piperazine rings is 1. The van der Waals surface area contributed by atoms with Gasteiger partial charge in [-0.1, -0.05) is 0 Å². The van der Waals surface area contributed by atoms with E-state index in [4.69, 9.17) is 0 Å². The van der Waals surface area contributed by atoms with E-state index in [2.05, 4.69) is 50.7 Å². The van der Waals surface area contributed by atoms with E-state index >= 15 is 0 Å². The molecule has 2 aliphatic heterocycles. The lowest BCUT2D eigenvalue weighted by Crippen LogP contribution is -2.54. The normalized spacial score (nSPS) is 28.9. The highest BCUT2D eigenvalue weighted by atomic mass is 16.3. The second kappa shape index (κ2) is 6.07. The minimum absolute atomic E-state index is 0.147. The van der Waals surface area contributed by atoms with Crippen LogP contribution in [-0.2, 0) is 6.54 Å². The van der Waals surface area contributed by atoms with Crippen molar-refractivity contribution in [3.8, 4) is 5.69 Å². The smallest absolute Gasteiger partial charge is 0.0682 e. The molecule has 5 heteroatoms. The molecule has 23 heavy (non-hydrogen) atoms. The number of nitrogens with zero attached hydrogens (tertiary/aromatic N) is 4. The Hall–Kier alpha value is -1.69. The molecule has 3 atom stereocenters. The number of aliphatic hydroxyl groups is 1. The summed E-state index contributed by atoms with van der Waals surface area (Å²) in [6, 6.07) is 9.36. The van der Waals surface area contributed by atoms with Crippen molar-refractivity contribution in [1.82, 2.24) is 19.4 Å². The highest BCUT2D eigenvalue weighted by Gasteiger charge is 2.38. The van der Waals surface area contributed by atoms with E-state index in [9.17, 15) is 5.11 Å². The number of fused-ring (bicyclic) bond motifs is 1. The fourth-order valence-corrected chi connectivity index (χ4v) is 4.00. The molecule has 2 fully saturated rings. The lowest BCUT2D eigenvalue weighted by Gasteiger charge is -2.42. The zero-order chi connectivity index (χ0) is 15.8. The third kappa shape index (κ3) is 2.92. The monoisotopic (exact) mass is 312 g/mol. The Balaban J connectivity index is 1.52. The Bertz CT molecular complexity index is 656. The zero-order valence-electron chi connectivity index (χ0n) is 13.5. The lowest BCUT2D eigenvalue weighted by molar-refractivity contribution is 0.0517. The molecule has 2 aromatic rings. The number of aliphatic hydroxyl groups excluding tert-OH is 1. The molecule has 0 aliphatic carbocycles. The van der Waals surface area contributed by atoms with Gasteiger partial charge in [0.1, 0.15) is 0 Å². The largest absolute Gasteiger partial charge is 0.392 e. The van der Waals surface area contributed by atoms with Gasteiger partial charge in [0.05, 0.1) is 18.0 Å². The van der Waals surface area contributed by atoms with E-state index in [0.717, 1.165) is 38.3 Å². The molecule has 4 rings (SSSR count). The summed E-state index contributed by atoms with van der Waals surface area (Å²) >= 11 is 0. The second-order valence-corrected chi connectivity index (χ2v) is 6.86. The van der Waals surface area contributed by atoms with Crippen molar-refractivity contribution in [1.29, 1.82) is 0 Å². The van der Waals surface area contributed by atoms with Crippen molar-refractivity contribution in [3.05, 3.63) is 48.5 Å². The summed E-state index contributed by atoms with van der Waals surface area (Å²) in [6.07, 6.45) is 6.57. The van der Waals surface area contributed by atoms with Crippen LogP contribution in [0.4, 0.5) is 0 Å². The first kappa shape index (κ1) is 14.9. The van der Waals surface area contributed by atoms with Gasteiger partial charge < -0.3 is 9.67 Å². The van der Waals surface area contributed by atoms with Gasteiger partial charge >= 0.3 is 0 Å². The molecule has 0 aromatic carbocycles. The van der Waals surface area contributed by atoms with Crippen LogP contribution >= 0.6 is 0 Å². The van der Waals surface area contributed by atoms with Gasteiger partial charge in [0.15, 0.2) is 0 Å². The van der Waals surface area contributed by atoms with E-state index in [-0.39, 0.29) is 6.10 Å². The van der Waals surface area contributed by atoms with Crippen molar-refractivity contribution in [3.63, 3.8) is 0 Å². The maximum Gasteiger partial charge on any atom is 0.0682 e. The van der Waals surface area contributed by atoms with Crippen LogP contribution in [0.3, 0.4) is 0 Å². The van der Waals surface area contributed by atoms with Crippen LogP contribution in [0.5, 0.6) is 0 Å². The molecule has 2 saturated heterocycles. The van der Waals surface area contributed by atoms with Gasteiger partial charge in [-0.15, -0.1) is 0 Å². The molecular formula is C18H24N4O. The summed E-state index contributed by atoms with van der Waals surface area (Å²) in [7, 11) is 0. The first-order valence-electron chi connectivity index (χ1n) is 8.43. The first-order chi connectivity index (χ1) is 11.2. The summed E-state index contributed by atoms with van der Waals surface area (Å²) in [6.45, 7) is 6.16. The summed E-state index contributed by atoms with van der Waals surface area (Å²) in [5.41, 5.74) is 2.40. The minimum Gasteiger partial charge on any atom is -0.392 e. The van der Waals surface area contributed by atoms with E-state index in [1.807, 2.05) is 12.3 Å². The number of pyridine rings is 1. The predicted octanol–water partition coefficient (Wildman–Crippen LogP) is 1.51. The third-order valence-electron chi connectivity index (χ3n) is 5.20. The van der Waals surface area contributed by atoms with Crippen molar-refractivity contribution < 1.29 is 5.11 Å². The van der Waals surface area contributed by atoms with Crippen LogP contribution < -0.4 is 0 Å². The van der Waals surface area contributed by atoms with Crippen LogP contribution in [-0.4, -0.2) is 62.3 Å². The van der Waals surface area contributed by atoms with E-state index in [1.54, 1.807) is 6.20 Å². The molecule has 0 bridgehead atoms. The highest BCUT2D eigenvalue weighted by Crippen LogP contribution is 2.26. The standard InChI is InChI=1S/C18H24N4O/c1-14-10-21-13-18(23)8-17(21)12-20(14)11-16-5-3-7-22(16)15-4-2-6-19-9-15/h2-7,9,14,17-18,23H,8,10-13H2,1H3/t14-,17?,18+/m0/s1. The molecule has 4 heterocycles. The Morgan fingerprint density at radius 3 is 2.96 bits per heavy atom. The van der Waals surface area contributed by atoms with Gasteiger partial charge in [-0.05, 0) is 37.6 Å². The average Bonchev–Trinajstić information content (AvgIpc) is 3.14. The number of aromatic nitrogens is 2. The van der Waals surface area contributed by atoms with Crippen molar-refractivity contribution in [2.75, 3.05) is 19.6 Å². The second-order valence-electron chi connectivity index (χ2n) is 6.86. The summed E-state index contributed by atoms with van der Waals surface area (Å²) in [4.78, 5) is 9.22. The highest BCUT2D eigenvalue weighted by molar-refractivity contribution is 5.32. The third-order valence-corrected chi connectivity index (χ3v) is 5.20. The Kier molecular flexibility index (Phi) is 3.93. The van der Waals surface area contributed by atoms with Gasteiger partial charge in [0.25, 0.3) is 0 Å². The van der Waals surface area contributed by atoms with Crippen LogP contribution in [0.1, 0.15) is 19.0 Å². The van der Waals surface area contributed by atoms with Crippen LogP contribution in [0, 0.1) is 0 Å². The molecule has 0 amide bonds. The quantitative estimate of drug-likeness (QED) is 0.933. The lowest BCUT2D eigenvalue weighted by atomic mass is 10.1. The SMILES string of the molecule is C[C@H]1CN2C[C@H](O)CC2CN1Cc1cccn1-c1cccnc1. The number of rotatable bonds is 3. The van der Waals surface area contributed by atoms with Gasteiger partial charge in [0, 0.05) is 56.4 Å². The molecule has 2 aliphatic rings. The number of hydrogen-bond donors (Lipinski definition) is 1. The number of hydrogen-bond acceptors (Lipinski definition) is 4. The van der Waals surface area contributed by atoms with Crippen LogP contribution in [0.2, 0.25) is 0 Å². The van der Waals surface area contributed by atoms with Gasteiger partial charge in [-0.25, -0.2) is 0 Å². The zero-order valence-corrected chi connectivity index (χ0v) is 13.5. The van der Waals surface area contributed by atoms with Crippen molar-refractivity contribution >= 4 is 0 Å². The molecule has 0 spiro atoms. The molecule has 5 nitrogen and oxygen atoms in total. The Morgan fingerprint density at radius 1 is 1.22 bits per heavy atom. The average molecular weight is 312 g/mol. The molecule has 0 saturated carbocycles. The topological polar surface area (TPSA) is 44.5 Å². The van der Waals surface area contributed by atoms with Crippen molar-refractivity contribution in [2.45, 2.75) is 38.1 Å². The van der Waals surface area contributed by atoms with Gasteiger partial charge in [-0.3, -0.25) is 14.8 Å². The van der Waals surface area contributed by atoms with Crippen LogP contribution in [0.15, 0.2) is 42.9 Å². The minimum atomic E-state index is -0.147. The molecule has 122 valence electrons. The van der Waals surface area contributed by atoms with Crippen molar-refractivity contribution in [2.24, 2.45) is 0 Å². The fraction of sp³-hybridized carbons (Fsp3) is 0.500. The summed E-state index contributed by atoms with van der Waals surface area (Å²) in [5.74, 6) is 0. The Morgan fingerprint density at radius 2 is 2.13 bits per heavy atom. The van der Waals surface area contributed by atoms with Crippen LogP contribution in [0.25, 0.3) is 5.69 Å². The Labute approximate surface area is 137 Å². The summed E-state index contributed by atoms with van der Waals surface area (Å²) in [5, 5.41) is 9.91. The van der Waals surface area contributed by atoms with E-state index in [0.29, 0.717) is 12.1 Å². The molecule has 1 N–H and O–H groups in total. The fourth-order valence-electron chi connectivity index (χ4n) is 4.00. The van der Waals surface area contributed by atoms with Gasteiger partial charge in [0.2, 0.25) is 0 Å². The van der Waals surface area contributed by atoms with E-state index in [1.165, 1.54) is 5.69 Å². The maximum atomic E-state index is 9.91. The molecular weight excluding hydrogens is 288 g/mol. The van der Waals surface area contributed by atoms with E-state index < -0.39 is 0 Å². The molecule has 1 unspecified atom stereocenters. The first-order valence-corrected chi connectivity index (χ1v) is 8.43. The summed E-state index contributed by atoms with van der Waals surface area (Å²) < 4.78 is 2.22. The maximum absolute atomic E-state index is 9.91. The van der Waals surface area contributed by atoms with Gasteiger partial charge in [-0.2, -0.15) is 0 Å².